The number of rotatable bonds is 29. The predicted octanol–water partition coefficient (Wildman–Crippen LogP) is 8.49. The Morgan fingerprint density at radius 2 is 1.24 bits per heavy atom. The predicted molar refractivity (Wildman–Crippen MR) is 193 cm³/mol. The number of unbranched alkanes of at least 4 members (excludes halogenated alkanes) is 11. The molecule has 3 N–H and O–H groups in total. The lowest BCUT2D eigenvalue weighted by molar-refractivity contribution is 0.255. The number of nitrogens with zero attached hydrogens (tertiary/aromatic N) is 2. The fourth-order valence-electron chi connectivity index (χ4n) is 5.38. The highest BCUT2D eigenvalue weighted by atomic mass is 32.3. The third kappa shape index (κ3) is 26.2. The van der Waals surface area contributed by atoms with Crippen LogP contribution in [0.4, 0.5) is 0 Å². The topological polar surface area (TPSA) is 67.8 Å². The Balaban J connectivity index is 4.28. The van der Waals surface area contributed by atoms with Crippen LogP contribution >= 0.6 is 12.2 Å². The molecule has 8 heteroatoms. The van der Waals surface area contributed by atoms with Crippen LogP contribution < -0.4 is 10.0 Å². The summed E-state index contributed by atoms with van der Waals surface area (Å²) >= 11 is 5.32. The van der Waals surface area contributed by atoms with E-state index in [1.807, 2.05) is 19.0 Å². The Bertz CT molecular complexity index is 714. The van der Waals surface area contributed by atoms with Crippen LogP contribution in [-0.2, 0) is 9.53 Å². The summed E-state index contributed by atoms with van der Waals surface area (Å²) in [6.07, 6.45) is 23.6. The van der Waals surface area contributed by atoms with Gasteiger partial charge in [-0.2, -0.15) is 4.21 Å². The second kappa shape index (κ2) is 25.0. The fourth-order valence-corrected chi connectivity index (χ4v) is 7.22. The number of nitrogens with one attached hydrogen (secondary N) is 2. The zero-order valence-corrected chi connectivity index (χ0v) is 30.8. The molecule has 0 aromatic carbocycles. The average molecular weight is 635 g/mol. The monoisotopic (exact) mass is 635 g/mol. The average Bonchev–Trinajstić information content (AvgIpc) is 2.93. The first-order valence-electron chi connectivity index (χ1n) is 17.7. The van der Waals surface area contributed by atoms with E-state index in [2.05, 4.69) is 42.6 Å². The summed E-state index contributed by atoms with van der Waals surface area (Å²) in [5, 5.41) is 4.14. The largest absolute Gasteiger partial charge is 0.363 e. The lowest BCUT2D eigenvalue weighted by atomic mass is 9.94. The van der Waals surface area contributed by atoms with E-state index in [4.69, 9.17) is 12.2 Å². The van der Waals surface area contributed by atoms with Gasteiger partial charge in [0.05, 0.1) is 0 Å². The van der Waals surface area contributed by atoms with Gasteiger partial charge in [-0.05, 0) is 82.2 Å². The van der Waals surface area contributed by atoms with E-state index in [-0.39, 0.29) is 0 Å². The molecule has 6 nitrogen and oxygen atoms in total. The molecule has 0 aromatic heterocycles. The van der Waals surface area contributed by atoms with Crippen molar-refractivity contribution in [1.82, 2.24) is 19.8 Å². The van der Waals surface area contributed by atoms with Crippen LogP contribution in [0.2, 0.25) is 0 Å². The molecule has 2 atom stereocenters. The van der Waals surface area contributed by atoms with Crippen molar-refractivity contribution in [3.63, 3.8) is 0 Å². The molecule has 254 valence electrons. The molecule has 0 aromatic rings. The summed E-state index contributed by atoms with van der Waals surface area (Å²) in [7, 11) is 0.213. The highest BCUT2D eigenvalue weighted by Gasteiger charge is 2.21. The molecule has 0 aliphatic carbocycles. The number of hydrogen-bond acceptors (Lipinski definition) is 3. The van der Waals surface area contributed by atoms with Crippen molar-refractivity contribution >= 4 is 26.9 Å². The quantitative estimate of drug-likeness (QED) is 0.0566. The number of thiocarbonyl (C=S) groups is 1. The molecule has 0 spiro atoms. The molecule has 0 rings (SSSR count). The molecule has 0 radical (unpaired) electrons. The summed E-state index contributed by atoms with van der Waals surface area (Å²) in [5.41, 5.74) is 0. The van der Waals surface area contributed by atoms with Gasteiger partial charge < -0.3 is 15.1 Å². The maximum Gasteiger partial charge on any atom is 0.168 e. The molecule has 0 aliphatic heterocycles. The van der Waals surface area contributed by atoms with Crippen LogP contribution in [0.5, 0.6) is 0 Å². The van der Waals surface area contributed by atoms with Gasteiger partial charge in [-0.3, -0.25) is 4.55 Å². The minimum Gasteiger partial charge on any atom is -0.363 e. The van der Waals surface area contributed by atoms with Crippen molar-refractivity contribution in [2.24, 2.45) is 11.8 Å². The van der Waals surface area contributed by atoms with Crippen LogP contribution in [0, 0.1) is 11.8 Å². The smallest absolute Gasteiger partial charge is 0.168 e. The first kappa shape index (κ1) is 41.7. The van der Waals surface area contributed by atoms with Crippen molar-refractivity contribution in [2.45, 2.75) is 143 Å². The first-order chi connectivity index (χ1) is 19.9. The minimum atomic E-state index is -3.74. The van der Waals surface area contributed by atoms with E-state index in [9.17, 15) is 8.76 Å². The van der Waals surface area contributed by atoms with Crippen LogP contribution in [0.25, 0.3) is 0 Å². The van der Waals surface area contributed by atoms with Crippen LogP contribution in [0.15, 0.2) is 0 Å². The summed E-state index contributed by atoms with van der Waals surface area (Å²) in [5.74, 6) is 1.54. The zero-order chi connectivity index (χ0) is 31.7. The molecule has 2 unspecified atom stereocenters. The van der Waals surface area contributed by atoms with E-state index in [1.165, 1.54) is 90.0 Å². The van der Waals surface area contributed by atoms with E-state index in [1.54, 1.807) is 6.26 Å². The van der Waals surface area contributed by atoms with E-state index >= 15 is 0 Å². The van der Waals surface area contributed by atoms with Gasteiger partial charge in [0, 0.05) is 39.2 Å². The normalized spacial score (nSPS) is 14.5. The van der Waals surface area contributed by atoms with Crippen molar-refractivity contribution in [2.75, 3.05) is 58.8 Å². The van der Waals surface area contributed by atoms with Gasteiger partial charge in [0.15, 0.2) is 5.11 Å². The van der Waals surface area contributed by atoms with Crippen molar-refractivity contribution in [3.8, 4) is 0 Å². The van der Waals surface area contributed by atoms with Gasteiger partial charge in [-0.1, -0.05) is 105 Å². The third-order valence-corrected chi connectivity index (χ3v) is 11.2. The van der Waals surface area contributed by atoms with E-state index in [0.29, 0.717) is 18.2 Å². The molecule has 0 fully saturated rings. The summed E-state index contributed by atoms with van der Waals surface area (Å²) < 4.78 is 27.2. The maximum absolute atomic E-state index is 13.2. The van der Waals surface area contributed by atoms with E-state index < -0.39 is 9.53 Å². The minimum absolute atomic E-state index is 0.362. The molecule has 0 saturated heterocycles. The summed E-state index contributed by atoms with van der Waals surface area (Å²) in [6.45, 7) is 14.1. The SMILES string of the molecule is CCCCCCCN(CCCCCCS(C)(=O)(O)NCC(C)CCC(C)CCCCCC)CCCCNC(=S)N(C)C. The Morgan fingerprint density at radius 1 is 0.738 bits per heavy atom. The van der Waals surface area contributed by atoms with Crippen molar-refractivity contribution < 1.29 is 8.76 Å². The van der Waals surface area contributed by atoms with Gasteiger partial charge >= 0.3 is 0 Å². The van der Waals surface area contributed by atoms with Gasteiger partial charge in [0.2, 0.25) is 0 Å². The highest BCUT2D eigenvalue weighted by Crippen LogP contribution is 2.21. The van der Waals surface area contributed by atoms with Gasteiger partial charge in [0.1, 0.15) is 0 Å². The van der Waals surface area contributed by atoms with Gasteiger partial charge in [-0.15, -0.1) is 9.53 Å². The van der Waals surface area contributed by atoms with Crippen molar-refractivity contribution in [1.29, 1.82) is 0 Å². The molecule has 0 amide bonds. The van der Waals surface area contributed by atoms with Crippen molar-refractivity contribution in [3.05, 3.63) is 0 Å². The van der Waals surface area contributed by atoms with Crippen LogP contribution in [0.1, 0.15) is 143 Å². The lowest BCUT2D eigenvalue weighted by Crippen LogP contribution is -2.50. The van der Waals surface area contributed by atoms with Crippen LogP contribution in [-0.4, -0.2) is 82.5 Å². The Hall–Kier alpha value is -0.280. The van der Waals surface area contributed by atoms with Gasteiger partial charge in [-0.25, -0.2) is 4.72 Å². The van der Waals surface area contributed by atoms with Gasteiger partial charge in [0.25, 0.3) is 0 Å². The summed E-state index contributed by atoms with van der Waals surface area (Å²) in [6, 6.07) is 0. The van der Waals surface area contributed by atoms with Crippen LogP contribution in [0.3, 0.4) is 0 Å². The molecular formula is C34H74N4O2S2. The molecule has 0 heterocycles. The highest BCUT2D eigenvalue weighted by molar-refractivity contribution is 8.12. The Labute approximate surface area is 268 Å². The Morgan fingerprint density at radius 3 is 1.81 bits per heavy atom. The molecule has 42 heavy (non-hydrogen) atoms. The first-order valence-corrected chi connectivity index (χ1v) is 20.6. The zero-order valence-electron chi connectivity index (χ0n) is 29.2. The molecular weight excluding hydrogens is 561 g/mol. The third-order valence-electron chi connectivity index (χ3n) is 8.52. The molecule has 0 bridgehead atoms. The lowest BCUT2D eigenvalue weighted by Gasteiger charge is -2.40. The second-order valence-corrected chi connectivity index (χ2v) is 17.7. The fraction of sp³-hybridized carbons (Fsp3) is 0.971. The molecule has 0 aliphatic rings. The standard InChI is InChI=1S/C34H74N4O2S2/c1-8-10-12-14-19-27-38(29-21-18-26-35-34(41)37(5)6)28-20-15-16-22-30-42(7,39,40)36-31-33(4)25-24-32(3)23-17-13-11-9-2/h32-33H,8-31H2,1-7H3,(H,35,41)(H2,36,39,40). The number of hydrogen-bond donors (Lipinski definition) is 3. The molecule has 0 saturated carbocycles. The second-order valence-electron chi connectivity index (χ2n) is 13.7. The van der Waals surface area contributed by atoms with E-state index in [0.717, 1.165) is 62.8 Å². The maximum atomic E-state index is 13.2. The summed E-state index contributed by atoms with van der Waals surface area (Å²) in [4.78, 5) is 4.59. The Kier molecular flexibility index (Phi) is 24.8.